The maximum atomic E-state index is 11.5. The zero-order valence-corrected chi connectivity index (χ0v) is 10.9. The van der Waals surface area contributed by atoms with Gasteiger partial charge in [-0.2, -0.15) is 5.06 Å². The van der Waals surface area contributed by atoms with E-state index in [1.54, 1.807) is 0 Å². The maximum Gasteiger partial charge on any atom is 0.405 e. The molecule has 0 spiro atoms. The van der Waals surface area contributed by atoms with Crippen LogP contribution >= 0.6 is 0 Å². The van der Waals surface area contributed by atoms with Gasteiger partial charge >= 0.3 is 5.97 Å². The SMILES string of the molecule is O=C(On1c(O)ccc1O)C(=O)C(O)ON1C(=O)CCC1O. The van der Waals surface area contributed by atoms with Crippen LogP contribution in [0.2, 0.25) is 0 Å². The highest BCUT2D eigenvalue weighted by molar-refractivity contribution is 6.35. The van der Waals surface area contributed by atoms with Crippen molar-refractivity contribution in [2.45, 2.75) is 25.4 Å². The quantitative estimate of drug-likeness (QED) is 0.343. The molecular formula is C11H12N2O9. The number of amides is 1. The lowest BCUT2D eigenvalue weighted by molar-refractivity contribution is -0.277. The molecule has 120 valence electrons. The third kappa shape index (κ3) is 3.00. The molecule has 0 saturated carbocycles. The van der Waals surface area contributed by atoms with Crippen LogP contribution in [0, 0.1) is 0 Å². The van der Waals surface area contributed by atoms with E-state index >= 15 is 0 Å². The second-order valence-corrected chi connectivity index (χ2v) is 4.28. The number of rotatable bonds is 5. The Labute approximate surface area is 122 Å². The number of carbonyl (C=O) groups excluding carboxylic acids is 3. The van der Waals surface area contributed by atoms with Crippen LogP contribution in [0.25, 0.3) is 0 Å². The van der Waals surface area contributed by atoms with Gasteiger partial charge in [0.25, 0.3) is 12.1 Å². The molecule has 11 nitrogen and oxygen atoms in total. The number of Topliss-reactive ketones (excluding diaryl/α,β-unsaturated/α-hetero) is 1. The van der Waals surface area contributed by atoms with Crippen molar-refractivity contribution in [2.75, 3.05) is 0 Å². The van der Waals surface area contributed by atoms with Gasteiger partial charge in [-0.3, -0.25) is 9.59 Å². The van der Waals surface area contributed by atoms with E-state index in [0.717, 1.165) is 12.1 Å². The first kappa shape index (κ1) is 15.8. The first-order chi connectivity index (χ1) is 10.3. The number of aliphatic hydroxyl groups excluding tert-OH is 2. The van der Waals surface area contributed by atoms with Gasteiger partial charge in [0, 0.05) is 25.0 Å². The third-order valence-corrected chi connectivity index (χ3v) is 2.74. The highest BCUT2D eigenvalue weighted by Gasteiger charge is 2.36. The fourth-order valence-electron chi connectivity index (χ4n) is 1.65. The second-order valence-electron chi connectivity index (χ2n) is 4.28. The summed E-state index contributed by atoms with van der Waals surface area (Å²) < 4.78 is 0.239. The molecule has 1 aliphatic rings. The molecule has 0 aromatic carbocycles. The largest absolute Gasteiger partial charge is 0.492 e. The van der Waals surface area contributed by atoms with Gasteiger partial charge < -0.3 is 25.3 Å². The minimum Gasteiger partial charge on any atom is -0.492 e. The van der Waals surface area contributed by atoms with Crippen LogP contribution in [0.15, 0.2) is 12.1 Å². The summed E-state index contributed by atoms with van der Waals surface area (Å²) in [4.78, 5) is 43.2. The predicted octanol–water partition coefficient (Wildman–Crippen LogP) is -2.39. The zero-order chi connectivity index (χ0) is 16.4. The maximum absolute atomic E-state index is 11.5. The molecule has 4 N–H and O–H groups in total. The molecule has 0 radical (unpaired) electrons. The van der Waals surface area contributed by atoms with E-state index in [1.807, 2.05) is 0 Å². The highest BCUT2D eigenvalue weighted by Crippen LogP contribution is 2.19. The zero-order valence-electron chi connectivity index (χ0n) is 10.9. The van der Waals surface area contributed by atoms with Gasteiger partial charge in [0.2, 0.25) is 17.7 Å². The standard InChI is InChI=1S/C11H12N2O9/c14-5-1-2-6(15)12(5)21-10(19)9(18)11(20)22-13-7(16)3-4-8(13)17/h1-2,7,11,14-16,20H,3-4H2. The summed E-state index contributed by atoms with van der Waals surface area (Å²) >= 11 is 0. The van der Waals surface area contributed by atoms with Crippen LogP contribution < -0.4 is 4.84 Å². The van der Waals surface area contributed by atoms with Crippen LogP contribution in [0.1, 0.15) is 12.8 Å². The van der Waals surface area contributed by atoms with Gasteiger partial charge in [0.15, 0.2) is 6.23 Å². The van der Waals surface area contributed by atoms with Gasteiger partial charge in [0.05, 0.1) is 0 Å². The van der Waals surface area contributed by atoms with E-state index < -0.39 is 41.9 Å². The molecule has 1 saturated heterocycles. The summed E-state index contributed by atoms with van der Waals surface area (Å²) in [5.74, 6) is -5.29. The Hall–Kier alpha value is -2.63. The van der Waals surface area contributed by atoms with Gasteiger partial charge in [-0.25, -0.2) is 9.63 Å². The van der Waals surface area contributed by atoms with Crippen LogP contribution in [0.5, 0.6) is 11.8 Å². The van der Waals surface area contributed by atoms with E-state index in [2.05, 4.69) is 9.68 Å². The lowest BCUT2D eigenvalue weighted by atomic mass is 10.4. The molecule has 1 aromatic rings. The van der Waals surface area contributed by atoms with Crippen molar-refractivity contribution in [3.8, 4) is 11.8 Å². The van der Waals surface area contributed by atoms with Crippen LogP contribution in [-0.4, -0.2) is 60.4 Å². The van der Waals surface area contributed by atoms with Crippen molar-refractivity contribution in [3.63, 3.8) is 0 Å². The monoisotopic (exact) mass is 316 g/mol. The number of nitrogens with zero attached hydrogens (tertiary/aromatic N) is 2. The van der Waals surface area contributed by atoms with Gasteiger partial charge in [-0.1, -0.05) is 0 Å². The number of hydrogen-bond acceptors (Lipinski definition) is 9. The lowest BCUT2D eigenvalue weighted by Crippen LogP contribution is -2.43. The summed E-state index contributed by atoms with van der Waals surface area (Å²) in [6.07, 6.45) is -3.74. The summed E-state index contributed by atoms with van der Waals surface area (Å²) in [6, 6.07) is 1.97. The fraction of sp³-hybridized carbons (Fsp3) is 0.364. The van der Waals surface area contributed by atoms with E-state index in [1.165, 1.54) is 0 Å². The van der Waals surface area contributed by atoms with Crippen molar-refractivity contribution in [2.24, 2.45) is 0 Å². The molecule has 1 aliphatic heterocycles. The molecule has 1 amide bonds. The molecule has 0 aliphatic carbocycles. The Morgan fingerprint density at radius 2 is 1.86 bits per heavy atom. The minimum absolute atomic E-state index is 0.0440. The Morgan fingerprint density at radius 3 is 2.36 bits per heavy atom. The molecule has 2 rings (SSSR count). The average Bonchev–Trinajstić information content (AvgIpc) is 2.96. The predicted molar refractivity (Wildman–Crippen MR) is 63.5 cm³/mol. The van der Waals surface area contributed by atoms with Crippen molar-refractivity contribution < 1.29 is 44.5 Å². The number of hydroxylamine groups is 2. The molecule has 2 heterocycles. The smallest absolute Gasteiger partial charge is 0.405 e. The Morgan fingerprint density at radius 1 is 1.27 bits per heavy atom. The first-order valence-electron chi connectivity index (χ1n) is 6.02. The summed E-state index contributed by atoms with van der Waals surface area (Å²) in [6.45, 7) is 0. The number of carbonyl (C=O) groups is 3. The van der Waals surface area contributed by atoms with E-state index in [4.69, 9.17) is 0 Å². The summed E-state index contributed by atoms with van der Waals surface area (Å²) in [5, 5.41) is 37.7. The average molecular weight is 316 g/mol. The molecule has 2 atom stereocenters. The number of aromatic hydroxyl groups is 2. The Kier molecular flexibility index (Phi) is 4.30. The second kappa shape index (κ2) is 6.01. The fourth-order valence-corrected chi connectivity index (χ4v) is 1.65. The van der Waals surface area contributed by atoms with E-state index in [9.17, 15) is 34.8 Å². The van der Waals surface area contributed by atoms with E-state index in [-0.39, 0.29) is 17.6 Å². The van der Waals surface area contributed by atoms with Gasteiger partial charge in [-0.15, -0.1) is 4.73 Å². The van der Waals surface area contributed by atoms with Gasteiger partial charge in [-0.05, 0) is 0 Å². The number of hydrogen-bond donors (Lipinski definition) is 4. The number of aromatic nitrogens is 1. The summed E-state index contributed by atoms with van der Waals surface area (Å²) in [5.41, 5.74) is 0. The van der Waals surface area contributed by atoms with Crippen molar-refractivity contribution in [1.29, 1.82) is 0 Å². The molecule has 11 heteroatoms. The Bertz CT molecular complexity index is 591. The van der Waals surface area contributed by atoms with Gasteiger partial charge in [0.1, 0.15) is 0 Å². The topological polar surface area (TPSA) is 159 Å². The number of aliphatic hydroxyl groups is 2. The van der Waals surface area contributed by atoms with Crippen molar-refractivity contribution in [1.82, 2.24) is 9.79 Å². The van der Waals surface area contributed by atoms with E-state index in [0.29, 0.717) is 5.06 Å². The molecule has 22 heavy (non-hydrogen) atoms. The Balaban J connectivity index is 1.98. The summed E-state index contributed by atoms with van der Waals surface area (Å²) in [7, 11) is 0. The third-order valence-electron chi connectivity index (χ3n) is 2.74. The van der Waals surface area contributed by atoms with Crippen LogP contribution in [0.4, 0.5) is 0 Å². The molecule has 2 unspecified atom stereocenters. The van der Waals surface area contributed by atoms with Crippen LogP contribution in [0.3, 0.4) is 0 Å². The molecule has 0 bridgehead atoms. The lowest BCUT2D eigenvalue weighted by Gasteiger charge is -2.21. The first-order valence-corrected chi connectivity index (χ1v) is 6.02. The number of ketones is 1. The van der Waals surface area contributed by atoms with Crippen molar-refractivity contribution in [3.05, 3.63) is 12.1 Å². The van der Waals surface area contributed by atoms with Crippen molar-refractivity contribution >= 4 is 17.7 Å². The molecule has 1 aromatic heterocycles. The molecular weight excluding hydrogens is 304 g/mol. The van der Waals surface area contributed by atoms with Crippen LogP contribution in [-0.2, 0) is 19.2 Å². The molecule has 1 fully saturated rings. The highest BCUT2D eigenvalue weighted by atomic mass is 16.8. The normalized spacial score (nSPS) is 19.3. The minimum atomic E-state index is -2.40.